The number of hydrogen-bond acceptors (Lipinski definition) is 4. The van der Waals surface area contributed by atoms with E-state index in [2.05, 4.69) is 15.9 Å². The first-order chi connectivity index (χ1) is 8.05. The average Bonchev–Trinajstić information content (AvgIpc) is 2.37. The van der Waals surface area contributed by atoms with Crippen LogP contribution in [0.4, 0.5) is 0 Å². The molecule has 1 atom stereocenters. The molecule has 0 aromatic heterocycles. The van der Waals surface area contributed by atoms with Gasteiger partial charge in [0.2, 0.25) is 0 Å². The first-order valence-corrected chi connectivity index (χ1v) is 5.86. The zero-order valence-electron chi connectivity index (χ0n) is 9.24. The van der Waals surface area contributed by atoms with Crippen LogP contribution in [-0.4, -0.2) is 0 Å². The van der Waals surface area contributed by atoms with Crippen LogP contribution in [-0.2, 0) is 0 Å². The van der Waals surface area contributed by atoms with Crippen molar-refractivity contribution in [3.63, 3.8) is 0 Å². The zero-order chi connectivity index (χ0) is 13.1. The van der Waals surface area contributed by atoms with Crippen molar-refractivity contribution < 1.29 is 0 Å². The molecule has 0 saturated carbocycles. The Kier molecular flexibility index (Phi) is 3.57. The van der Waals surface area contributed by atoms with E-state index in [0.717, 1.165) is 0 Å². The van der Waals surface area contributed by atoms with Gasteiger partial charge >= 0.3 is 0 Å². The van der Waals surface area contributed by atoms with Gasteiger partial charge in [-0.05, 0) is 10.9 Å². The Morgan fingerprint density at radius 3 is 2.12 bits per heavy atom. The van der Waals surface area contributed by atoms with Crippen LogP contribution in [0.2, 0.25) is 0 Å². The molecule has 84 valence electrons. The minimum Gasteiger partial charge on any atom is -0.196 e. The fraction of sp³-hybridized carbons (Fsp3) is 0.500. The van der Waals surface area contributed by atoms with Crippen molar-refractivity contribution >= 4 is 15.9 Å². The second-order valence-electron chi connectivity index (χ2n) is 3.97. The van der Waals surface area contributed by atoms with Crippen LogP contribution in [0.15, 0.2) is 10.6 Å². The highest BCUT2D eigenvalue weighted by atomic mass is 79.9. The lowest BCUT2D eigenvalue weighted by atomic mass is 9.55. The van der Waals surface area contributed by atoms with Crippen LogP contribution in [0.3, 0.4) is 0 Å². The van der Waals surface area contributed by atoms with Gasteiger partial charge in [0.05, 0.1) is 24.3 Å². The van der Waals surface area contributed by atoms with Crippen molar-refractivity contribution in [1.82, 2.24) is 0 Å². The van der Waals surface area contributed by atoms with Gasteiger partial charge in [0.25, 0.3) is 0 Å². The summed E-state index contributed by atoms with van der Waals surface area (Å²) in [5.41, 5.74) is -3.20. The SMILES string of the molecule is CC[C@@H]1C=C(Br)CC(C#N)(C#N)C1(C#N)C#N. The van der Waals surface area contributed by atoms with Crippen LogP contribution in [0.1, 0.15) is 19.8 Å². The van der Waals surface area contributed by atoms with Gasteiger partial charge in [-0.15, -0.1) is 0 Å². The average molecular weight is 289 g/mol. The van der Waals surface area contributed by atoms with Gasteiger partial charge in [0, 0.05) is 12.3 Å². The highest BCUT2D eigenvalue weighted by molar-refractivity contribution is 9.11. The highest BCUT2D eigenvalue weighted by Gasteiger charge is 2.60. The van der Waals surface area contributed by atoms with Gasteiger partial charge in [0.1, 0.15) is 0 Å². The predicted octanol–water partition coefficient (Wildman–Crippen LogP) is 2.76. The Bertz CT molecular complexity index is 493. The third kappa shape index (κ3) is 1.61. The Morgan fingerprint density at radius 1 is 1.24 bits per heavy atom. The molecule has 0 radical (unpaired) electrons. The molecule has 1 aliphatic rings. The summed E-state index contributed by atoms with van der Waals surface area (Å²) in [6, 6.07) is 7.58. The molecule has 0 aliphatic heterocycles. The number of rotatable bonds is 1. The minimum absolute atomic E-state index is 0.0810. The minimum atomic E-state index is -1.61. The van der Waals surface area contributed by atoms with E-state index in [1.807, 2.05) is 31.2 Å². The van der Waals surface area contributed by atoms with Gasteiger partial charge in [-0.3, -0.25) is 0 Å². The lowest BCUT2D eigenvalue weighted by Gasteiger charge is -2.39. The van der Waals surface area contributed by atoms with E-state index in [-0.39, 0.29) is 6.42 Å². The summed E-state index contributed by atoms with van der Waals surface area (Å²) in [7, 11) is 0. The van der Waals surface area contributed by atoms with E-state index in [4.69, 9.17) is 0 Å². The molecule has 0 amide bonds. The van der Waals surface area contributed by atoms with E-state index in [1.54, 1.807) is 6.08 Å². The molecule has 0 N–H and O–H groups in total. The number of nitriles is 4. The molecule has 0 heterocycles. The number of nitrogens with zero attached hydrogens (tertiary/aromatic N) is 4. The van der Waals surface area contributed by atoms with Crippen molar-refractivity contribution in [3.8, 4) is 24.3 Å². The molecule has 0 saturated heterocycles. The normalized spacial score (nSPS) is 24.4. The lowest BCUT2D eigenvalue weighted by molar-refractivity contribution is 0.206. The van der Waals surface area contributed by atoms with Crippen LogP contribution < -0.4 is 0 Å². The quantitative estimate of drug-likeness (QED) is 0.741. The van der Waals surface area contributed by atoms with Crippen molar-refractivity contribution in [2.45, 2.75) is 19.8 Å². The Labute approximate surface area is 108 Å². The maximum atomic E-state index is 9.31. The Hall–Kier alpha value is -1.82. The fourth-order valence-corrected chi connectivity index (χ4v) is 2.94. The van der Waals surface area contributed by atoms with Gasteiger partial charge in [0.15, 0.2) is 10.8 Å². The molecule has 0 unspecified atom stereocenters. The summed E-state index contributed by atoms with van der Waals surface area (Å²) >= 11 is 3.28. The largest absolute Gasteiger partial charge is 0.196 e. The zero-order valence-corrected chi connectivity index (χ0v) is 10.8. The summed E-state index contributed by atoms with van der Waals surface area (Å²) in [5.74, 6) is -0.417. The second-order valence-corrected chi connectivity index (χ2v) is 4.98. The molecule has 1 aliphatic carbocycles. The summed E-state index contributed by atoms with van der Waals surface area (Å²) in [5, 5.41) is 37.1. The van der Waals surface area contributed by atoms with E-state index >= 15 is 0 Å². The molecule has 0 fully saturated rings. The van der Waals surface area contributed by atoms with Crippen LogP contribution in [0.5, 0.6) is 0 Å². The van der Waals surface area contributed by atoms with Crippen molar-refractivity contribution in [3.05, 3.63) is 10.6 Å². The summed E-state index contributed by atoms with van der Waals surface area (Å²) in [6.45, 7) is 1.83. The maximum Gasteiger partial charge on any atom is 0.181 e. The molecule has 4 nitrogen and oxygen atoms in total. The molecule has 0 aromatic carbocycles. The first kappa shape index (κ1) is 13.2. The van der Waals surface area contributed by atoms with Crippen molar-refractivity contribution in [1.29, 1.82) is 21.0 Å². The number of hydrogen-bond donors (Lipinski definition) is 0. The highest BCUT2D eigenvalue weighted by Crippen LogP contribution is 2.54. The van der Waals surface area contributed by atoms with Crippen LogP contribution >= 0.6 is 15.9 Å². The molecule has 0 spiro atoms. The van der Waals surface area contributed by atoms with Gasteiger partial charge in [-0.2, -0.15) is 21.0 Å². The monoisotopic (exact) mass is 288 g/mol. The Balaban J connectivity index is 3.60. The summed E-state index contributed by atoms with van der Waals surface area (Å²) in [6.07, 6.45) is 2.37. The predicted molar refractivity (Wildman–Crippen MR) is 62.7 cm³/mol. The summed E-state index contributed by atoms with van der Waals surface area (Å²) in [4.78, 5) is 0. The molecule has 17 heavy (non-hydrogen) atoms. The van der Waals surface area contributed by atoms with E-state index in [9.17, 15) is 21.0 Å². The van der Waals surface area contributed by atoms with E-state index in [1.165, 1.54) is 0 Å². The van der Waals surface area contributed by atoms with Crippen LogP contribution in [0, 0.1) is 62.1 Å². The van der Waals surface area contributed by atoms with E-state index < -0.39 is 16.7 Å². The second kappa shape index (κ2) is 4.58. The van der Waals surface area contributed by atoms with Gasteiger partial charge in [-0.25, -0.2) is 0 Å². The van der Waals surface area contributed by atoms with Crippen molar-refractivity contribution in [2.75, 3.05) is 0 Å². The molecular formula is C12H9BrN4. The molecule has 0 bridgehead atoms. The van der Waals surface area contributed by atoms with Crippen LogP contribution in [0.25, 0.3) is 0 Å². The van der Waals surface area contributed by atoms with Gasteiger partial charge < -0.3 is 0 Å². The topological polar surface area (TPSA) is 95.2 Å². The van der Waals surface area contributed by atoms with Crippen molar-refractivity contribution in [2.24, 2.45) is 16.7 Å². The number of allylic oxidation sites excluding steroid dienone is 2. The molecule has 0 aromatic rings. The molecule has 1 rings (SSSR count). The Morgan fingerprint density at radius 2 is 1.76 bits per heavy atom. The maximum absolute atomic E-state index is 9.31. The molecule has 5 heteroatoms. The fourth-order valence-electron chi connectivity index (χ4n) is 2.20. The standard InChI is InChI=1S/C12H9BrN4/c1-2-9-3-10(13)4-11(5-14,6-15)12(9,7-16)8-17/h3,9H,2,4H2,1H3/t9-/m1/s1. The number of halogens is 1. The summed E-state index contributed by atoms with van der Waals surface area (Å²) < 4.78 is 0.702. The lowest BCUT2D eigenvalue weighted by Crippen LogP contribution is -2.45. The third-order valence-electron chi connectivity index (χ3n) is 3.22. The smallest absolute Gasteiger partial charge is 0.181 e. The van der Waals surface area contributed by atoms with Gasteiger partial charge in [-0.1, -0.05) is 28.9 Å². The molecular weight excluding hydrogens is 280 g/mol. The first-order valence-electron chi connectivity index (χ1n) is 5.07. The van der Waals surface area contributed by atoms with E-state index in [0.29, 0.717) is 10.9 Å². The third-order valence-corrected chi connectivity index (χ3v) is 3.76.